The molecular weight excluding hydrogens is 350 g/mol. The Balaban J connectivity index is 1.48. The summed E-state index contributed by atoms with van der Waals surface area (Å²) in [6.07, 6.45) is 0.723. The molecule has 3 rings (SSSR count). The molecule has 0 bridgehead atoms. The summed E-state index contributed by atoms with van der Waals surface area (Å²) in [5.74, 6) is -0.124. The third-order valence-electron chi connectivity index (χ3n) is 3.75. The lowest BCUT2D eigenvalue weighted by molar-refractivity contribution is -0.149. The van der Waals surface area contributed by atoms with Gasteiger partial charge in [-0.2, -0.15) is 0 Å². The molecule has 0 aliphatic heterocycles. The Morgan fingerprint density at radius 3 is 2.67 bits per heavy atom. The second kappa shape index (κ2) is 8.31. The van der Waals surface area contributed by atoms with Gasteiger partial charge in [0.05, 0.1) is 12.7 Å². The first-order valence-corrected chi connectivity index (χ1v) is 8.44. The van der Waals surface area contributed by atoms with Crippen molar-refractivity contribution >= 4 is 11.9 Å². The Morgan fingerprint density at radius 1 is 1.19 bits per heavy atom. The highest BCUT2D eigenvalue weighted by Crippen LogP contribution is 2.22. The van der Waals surface area contributed by atoms with Gasteiger partial charge in [0.25, 0.3) is 11.8 Å². The molecule has 0 spiro atoms. The summed E-state index contributed by atoms with van der Waals surface area (Å²) in [7, 11) is 0. The molecule has 1 N–H and O–H groups in total. The van der Waals surface area contributed by atoms with Gasteiger partial charge < -0.3 is 18.9 Å². The number of hydrogen-bond acceptors (Lipinski definition) is 7. The summed E-state index contributed by atoms with van der Waals surface area (Å²) >= 11 is 0. The highest BCUT2D eigenvalue weighted by Gasteiger charge is 2.19. The molecule has 0 saturated heterocycles. The molecule has 2 heterocycles. The van der Waals surface area contributed by atoms with Gasteiger partial charge in [-0.3, -0.25) is 9.59 Å². The van der Waals surface area contributed by atoms with Gasteiger partial charge in [-0.05, 0) is 38.1 Å². The second-order valence-corrected chi connectivity index (χ2v) is 5.93. The second-order valence-electron chi connectivity index (χ2n) is 5.93. The third-order valence-corrected chi connectivity index (χ3v) is 3.75. The monoisotopic (exact) mass is 369 g/mol. The summed E-state index contributed by atoms with van der Waals surface area (Å²) in [5, 5.41) is 10.5. The largest absolute Gasteiger partial charge is 0.459 e. The molecule has 1 aromatic carbocycles. The first kappa shape index (κ1) is 18.4. The highest BCUT2D eigenvalue weighted by atomic mass is 16.6. The molecule has 140 valence electrons. The minimum atomic E-state index is -0.690. The van der Waals surface area contributed by atoms with Crippen molar-refractivity contribution in [3.8, 4) is 11.5 Å². The van der Waals surface area contributed by atoms with Crippen LogP contribution in [-0.2, 0) is 9.53 Å². The number of aryl methyl sites for hydroxylation is 1. The molecule has 0 aliphatic carbocycles. The maximum atomic E-state index is 11.9. The smallest absolute Gasteiger partial charge is 0.308 e. The van der Waals surface area contributed by atoms with Crippen LogP contribution in [0.3, 0.4) is 0 Å². The summed E-state index contributed by atoms with van der Waals surface area (Å²) in [4.78, 5) is 23.6. The fraction of sp³-hybridized carbons (Fsp3) is 0.263. The van der Waals surface area contributed by atoms with Crippen LogP contribution >= 0.6 is 0 Å². The minimum Gasteiger partial charge on any atom is -0.459 e. The summed E-state index contributed by atoms with van der Waals surface area (Å²) < 4.78 is 15.8. The Labute approximate surface area is 155 Å². The van der Waals surface area contributed by atoms with Gasteiger partial charge in [0.2, 0.25) is 5.89 Å². The number of benzene rings is 1. The van der Waals surface area contributed by atoms with E-state index in [2.05, 4.69) is 15.5 Å². The number of furan rings is 1. The van der Waals surface area contributed by atoms with Crippen LogP contribution in [0, 0.1) is 6.92 Å². The Bertz CT molecular complexity index is 900. The number of nitrogens with zero attached hydrogens (tertiary/aromatic N) is 2. The number of carbonyl (C=O) groups is 2. The molecule has 1 atom stereocenters. The predicted octanol–water partition coefficient (Wildman–Crippen LogP) is 3.06. The van der Waals surface area contributed by atoms with E-state index in [0.717, 1.165) is 11.1 Å². The van der Waals surface area contributed by atoms with Crippen molar-refractivity contribution in [1.29, 1.82) is 0 Å². The van der Waals surface area contributed by atoms with Gasteiger partial charge in [0.1, 0.15) is 0 Å². The maximum Gasteiger partial charge on any atom is 0.308 e. The van der Waals surface area contributed by atoms with Crippen LogP contribution in [-0.4, -0.2) is 28.6 Å². The molecule has 0 aliphatic rings. The molecular formula is C19H19N3O5. The quantitative estimate of drug-likeness (QED) is 0.638. The topological polar surface area (TPSA) is 107 Å². The third kappa shape index (κ3) is 4.81. The lowest BCUT2D eigenvalue weighted by Crippen LogP contribution is -2.26. The number of aromatic nitrogens is 2. The number of ether oxygens (including phenoxy) is 1. The van der Waals surface area contributed by atoms with Crippen LogP contribution in [0.5, 0.6) is 0 Å². The van der Waals surface area contributed by atoms with Crippen molar-refractivity contribution in [3.05, 3.63) is 59.9 Å². The zero-order valence-electron chi connectivity index (χ0n) is 15.0. The zero-order valence-corrected chi connectivity index (χ0v) is 15.0. The van der Waals surface area contributed by atoms with Gasteiger partial charge in [0, 0.05) is 12.1 Å². The number of carbonyl (C=O) groups excluding carboxylic acids is 2. The molecule has 27 heavy (non-hydrogen) atoms. The van der Waals surface area contributed by atoms with E-state index in [-0.39, 0.29) is 30.5 Å². The molecule has 0 fully saturated rings. The van der Waals surface area contributed by atoms with Crippen molar-refractivity contribution in [3.63, 3.8) is 0 Å². The molecule has 3 aromatic rings. The molecule has 1 amide bonds. The summed E-state index contributed by atoms with van der Waals surface area (Å²) in [6.45, 7) is 3.76. The van der Waals surface area contributed by atoms with Gasteiger partial charge in [0.15, 0.2) is 11.9 Å². The van der Waals surface area contributed by atoms with Crippen LogP contribution in [0.1, 0.15) is 41.5 Å². The number of hydrogen-bond donors (Lipinski definition) is 1. The number of rotatable bonds is 7. The predicted molar refractivity (Wildman–Crippen MR) is 94.6 cm³/mol. The number of nitrogens with one attached hydrogen (secondary N) is 1. The molecule has 1 unspecified atom stereocenters. The van der Waals surface area contributed by atoms with Crippen LogP contribution in [0.2, 0.25) is 0 Å². The van der Waals surface area contributed by atoms with Gasteiger partial charge in [-0.1, -0.05) is 17.7 Å². The van der Waals surface area contributed by atoms with Gasteiger partial charge >= 0.3 is 5.97 Å². The molecule has 2 aromatic heterocycles. The maximum absolute atomic E-state index is 11.9. The first-order chi connectivity index (χ1) is 13.0. The zero-order chi connectivity index (χ0) is 19.2. The van der Waals surface area contributed by atoms with Gasteiger partial charge in [-0.25, -0.2) is 0 Å². The molecule has 0 saturated carbocycles. The van der Waals surface area contributed by atoms with E-state index in [4.69, 9.17) is 13.6 Å². The number of amides is 1. The van der Waals surface area contributed by atoms with Crippen molar-refractivity contribution in [2.24, 2.45) is 0 Å². The summed E-state index contributed by atoms with van der Waals surface area (Å²) in [6, 6.07) is 10.8. The SMILES string of the molecule is Cc1ccc(-c2nnc(C(C)OC(=O)CCNC(=O)c3ccco3)o2)cc1. The average molecular weight is 369 g/mol. The normalized spacial score (nSPS) is 11.8. The Morgan fingerprint density at radius 2 is 1.96 bits per heavy atom. The Hall–Kier alpha value is -3.42. The van der Waals surface area contributed by atoms with E-state index in [1.807, 2.05) is 31.2 Å². The summed E-state index contributed by atoms with van der Waals surface area (Å²) in [5.41, 5.74) is 1.92. The van der Waals surface area contributed by atoms with Crippen molar-refractivity contribution in [2.75, 3.05) is 6.54 Å². The van der Waals surface area contributed by atoms with Crippen LogP contribution < -0.4 is 5.32 Å². The van der Waals surface area contributed by atoms with E-state index in [0.29, 0.717) is 5.89 Å². The van der Waals surface area contributed by atoms with Crippen LogP contribution in [0.25, 0.3) is 11.5 Å². The van der Waals surface area contributed by atoms with E-state index in [1.165, 1.54) is 12.3 Å². The molecule has 8 heteroatoms. The van der Waals surface area contributed by atoms with Crippen LogP contribution in [0.4, 0.5) is 0 Å². The van der Waals surface area contributed by atoms with E-state index in [1.54, 1.807) is 13.0 Å². The van der Waals surface area contributed by atoms with Crippen molar-refractivity contribution < 1.29 is 23.2 Å². The molecule has 0 radical (unpaired) electrons. The van der Waals surface area contributed by atoms with E-state index < -0.39 is 12.1 Å². The fourth-order valence-electron chi connectivity index (χ4n) is 2.29. The van der Waals surface area contributed by atoms with Crippen molar-refractivity contribution in [1.82, 2.24) is 15.5 Å². The Kier molecular flexibility index (Phi) is 5.65. The van der Waals surface area contributed by atoms with E-state index in [9.17, 15) is 9.59 Å². The van der Waals surface area contributed by atoms with Crippen LogP contribution in [0.15, 0.2) is 51.5 Å². The highest BCUT2D eigenvalue weighted by molar-refractivity contribution is 5.91. The van der Waals surface area contributed by atoms with E-state index >= 15 is 0 Å². The number of esters is 1. The van der Waals surface area contributed by atoms with Gasteiger partial charge in [-0.15, -0.1) is 10.2 Å². The molecule has 8 nitrogen and oxygen atoms in total. The standard InChI is InChI=1S/C19H19N3O5/c1-12-5-7-14(8-6-12)19-22-21-18(27-19)13(2)26-16(23)9-10-20-17(24)15-4-3-11-25-15/h3-8,11,13H,9-10H2,1-2H3,(H,20,24). The minimum absolute atomic E-state index is 0.00967. The average Bonchev–Trinajstić information content (AvgIpc) is 3.34. The fourth-order valence-corrected chi connectivity index (χ4v) is 2.29. The first-order valence-electron chi connectivity index (χ1n) is 8.44. The lowest BCUT2D eigenvalue weighted by Gasteiger charge is -2.09. The lowest BCUT2D eigenvalue weighted by atomic mass is 10.1. The van der Waals surface area contributed by atoms with Crippen molar-refractivity contribution in [2.45, 2.75) is 26.4 Å².